The first-order chi connectivity index (χ1) is 11.6. The molecule has 4 rings (SSSR count). The van der Waals surface area contributed by atoms with Crippen molar-refractivity contribution in [2.45, 2.75) is 19.3 Å². The highest BCUT2D eigenvalue weighted by molar-refractivity contribution is 6.02. The molecule has 0 saturated heterocycles. The molecule has 118 valence electrons. The van der Waals surface area contributed by atoms with E-state index in [1.54, 1.807) is 12.3 Å². The van der Waals surface area contributed by atoms with Crippen LogP contribution in [0.5, 0.6) is 5.75 Å². The molecule has 0 aliphatic carbocycles. The third-order valence-electron chi connectivity index (χ3n) is 4.65. The van der Waals surface area contributed by atoms with Gasteiger partial charge in [0.2, 0.25) is 0 Å². The highest BCUT2D eigenvalue weighted by atomic mass is 16.3. The summed E-state index contributed by atoms with van der Waals surface area (Å²) in [6.45, 7) is 4.16. The summed E-state index contributed by atoms with van der Waals surface area (Å²) in [5.74, 6) is 0.292. The minimum atomic E-state index is -0.406. The Balaban J connectivity index is 1.97. The molecular formula is C21H18N2O. The van der Waals surface area contributed by atoms with Crippen LogP contribution >= 0.6 is 0 Å². The summed E-state index contributed by atoms with van der Waals surface area (Å²) in [7, 11) is 0. The van der Waals surface area contributed by atoms with E-state index < -0.39 is 5.41 Å². The Morgan fingerprint density at radius 2 is 1.50 bits per heavy atom. The molecule has 3 heteroatoms. The number of para-hydroxylation sites is 1. The normalized spacial score (nSPS) is 11.9. The summed E-state index contributed by atoms with van der Waals surface area (Å²) in [4.78, 5) is 9.43. The molecule has 0 amide bonds. The van der Waals surface area contributed by atoms with Gasteiger partial charge in [-0.3, -0.25) is 4.98 Å². The number of hydrogen-bond acceptors (Lipinski definition) is 3. The van der Waals surface area contributed by atoms with Crippen molar-refractivity contribution in [3.8, 4) is 5.75 Å². The van der Waals surface area contributed by atoms with Gasteiger partial charge >= 0.3 is 0 Å². The van der Waals surface area contributed by atoms with Crippen LogP contribution in [0.1, 0.15) is 25.1 Å². The van der Waals surface area contributed by atoms with Gasteiger partial charge in [0, 0.05) is 27.9 Å². The lowest BCUT2D eigenvalue weighted by molar-refractivity contribution is 0.451. The first kappa shape index (κ1) is 14.6. The molecule has 0 unspecified atom stereocenters. The quantitative estimate of drug-likeness (QED) is 0.540. The molecule has 2 aromatic carbocycles. The van der Waals surface area contributed by atoms with E-state index >= 15 is 0 Å². The van der Waals surface area contributed by atoms with Crippen molar-refractivity contribution >= 4 is 21.8 Å². The van der Waals surface area contributed by atoms with Crippen molar-refractivity contribution in [1.29, 1.82) is 0 Å². The van der Waals surface area contributed by atoms with E-state index in [1.807, 2.05) is 36.4 Å². The molecule has 0 bridgehead atoms. The smallest absolute Gasteiger partial charge is 0.119 e. The molecule has 0 saturated carbocycles. The molecule has 0 aliphatic rings. The average Bonchev–Trinajstić information content (AvgIpc) is 2.61. The monoisotopic (exact) mass is 314 g/mol. The molecule has 0 spiro atoms. The van der Waals surface area contributed by atoms with Crippen LogP contribution in [-0.4, -0.2) is 15.1 Å². The van der Waals surface area contributed by atoms with E-state index in [2.05, 4.69) is 37.0 Å². The zero-order valence-corrected chi connectivity index (χ0v) is 13.7. The maximum atomic E-state index is 10.3. The Morgan fingerprint density at radius 3 is 2.29 bits per heavy atom. The van der Waals surface area contributed by atoms with Gasteiger partial charge in [0.25, 0.3) is 0 Å². The van der Waals surface area contributed by atoms with Crippen LogP contribution in [0.3, 0.4) is 0 Å². The average molecular weight is 314 g/mol. The first-order valence-corrected chi connectivity index (χ1v) is 8.01. The fraction of sp³-hybridized carbons (Fsp3) is 0.143. The number of nitrogens with zero attached hydrogens (tertiary/aromatic N) is 2. The molecule has 4 aromatic rings. The Hall–Kier alpha value is -2.94. The van der Waals surface area contributed by atoms with Gasteiger partial charge in [0.1, 0.15) is 5.75 Å². The van der Waals surface area contributed by atoms with E-state index in [0.717, 1.165) is 33.1 Å². The highest BCUT2D eigenvalue weighted by Crippen LogP contribution is 2.36. The molecule has 2 heterocycles. The van der Waals surface area contributed by atoms with Crippen LogP contribution in [-0.2, 0) is 5.41 Å². The van der Waals surface area contributed by atoms with Gasteiger partial charge in [-0.15, -0.1) is 0 Å². The van der Waals surface area contributed by atoms with Gasteiger partial charge in [-0.05, 0) is 18.2 Å². The third-order valence-corrected chi connectivity index (χ3v) is 4.65. The molecule has 0 atom stereocenters. The summed E-state index contributed by atoms with van der Waals surface area (Å²) in [5, 5.41) is 12.4. The van der Waals surface area contributed by atoms with E-state index in [4.69, 9.17) is 4.98 Å². The Labute approximate surface area is 140 Å². The summed E-state index contributed by atoms with van der Waals surface area (Å²) in [6.07, 6.45) is 1.80. The lowest BCUT2D eigenvalue weighted by Crippen LogP contribution is -2.20. The lowest BCUT2D eigenvalue weighted by Gasteiger charge is -2.26. The molecule has 0 fully saturated rings. The zero-order chi connectivity index (χ0) is 16.7. The topological polar surface area (TPSA) is 46.0 Å². The van der Waals surface area contributed by atoms with Crippen LogP contribution in [0, 0.1) is 0 Å². The fourth-order valence-electron chi connectivity index (χ4n) is 3.21. The number of fused-ring (bicyclic) bond motifs is 3. The highest BCUT2D eigenvalue weighted by Gasteiger charge is 2.27. The van der Waals surface area contributed by atoms with Crippen LogP contribution < -0.4 is 0 Å². The second kappa shape index (κ2) is 5.31. The van der Waals surface area contributed by atoms with Gasteiger partial charge in [-0.1, -0.05) is 56.3 Å². The predicted octanol–water partition coefficient (Wildman–Crippen LogP) is 4.81. The summed E-state index contributed by atoms with van der Waals surface area (Å²) in [6, 6.07) is 19.7. The Bertz CT molecular complexity index is 1050. The Morgan fingerprint density at radius 1 is 0.792 bits per heavy atom. The molecule has 2 aromatic heterocycles. The van der Waals surface area contributed by atoms with Crippen LogP contribution in [0.25, 0.3) is 21.8 Å². The summed E-state index contributed by atoms with van der Waals surface area (Å²) < 4.78 is 0. The van der Waals surface area contributed by atoms with Crippen molar-refractivity contribution in [2.75, 3.05) is 0 Å². The second-order valence-corrected chi connectivity index (χ2v) is 6.55. The van der Waals surface area contributed by atoms with Crippen molar-refractivity contribution in [3.05, 3.63) is 78.1 Å². The predicted molar refractivity (Wildman–Crippen MR) is 97.3 cm³/mol. The number of hydrogen-bond donors (Lipinski definition) is 1. The molecular weight excluding hydrogens is 296 g/mol. The summed E-state index contributed by atoms with van der Waals surface area (Å²) >= 11 is 0. The maximum absolute atomic E-state index is 10.3. The van der Waals surface area contributed by atoms with Crippen molar-refractivity contribution < 1.29 is 5.11 Å². The first-order valence-electron chi connectivity index (χ1n) is 8.01. The fourth-order valence-corrected chi connectivity index (χ4v) is 3.21. The molecule has 0 aliphatic heterocycles. The third kappa shape index (κ3) is 2.21. The number of rotatable bonds is 2. The van der Waals surface area contributed by atoms with Gasteiger partial charge in [0.05, 0.1) is 16.7 Å². The Kier molecular flexibility index (Phi) is 3.24. The number of pyridine rings is 2. The van der Waals surface area contributed by atoms with E-state index in [9.17, 15) is 5.11 Å². The van der Waals surface area contributed by atoms with Gasteiger partial charge in [-0.2, -0.15) is 0 Å². The number of phenols is 1. The van der Waals surface area contributed by atoms with E-state index in [1.165, 1.54) is 0 Å². The number of benzene rings is 2. The van der Waals surface area contributed by atoms with Crippen LogP contribution in [0.15, 0.2) is 66.9 Å². The van der Waals surface area contributed by atoms with Crippen molar-refractivity contribution in [3.63, 3.8) is 0 Å². The largest absolute Gasteiger partial charge is 0.508 e. The number of aromatic hydroxyl groups is 1. The molecule has 3 nitrogen and oxygen atoms in total. The molecule has 1 N–H and O–H groups in total. The van der Waals surface area contributed by atoms with Gasteiger partial charge in [0.15, 0.2) is 0 Å². The zero-order valence-electron chi connectivity index (χ0n) is 13.7. The minimum Gasteiger partial charge on any atom is -0.508 e. The van der Waals surface area contributed by atoms with E-state index in [-0.39, 0.29) is 0 Å². The summed E-state index contributed by atoms with van der Waals surface area (Å²) in [5.41, 5.74) is 3.18. The second-order valence-electron chi connectivity index (χ2n) is 6.55. The number of phenolic OH excluding ortho intramolecular Hbond substituents is 1. The number of aromatic nitrogens is 2. The minimum absolute atomic E-state index is 0.292. The SMILES string of the molecule is CC(C)(c1ccc2ccc3cccnc3c2n1)c1ccccc1O. The van der Waals surface area contributed by atoms with Gasteiger partial charge < -0.3 is 5.11 Å². The van der Waals surface area contributed by atoms with Gasteiger partial charge in [-0.25, -0.2) is 4.98 Å². The van der Waals surface area contributed by atoms with Crippen LogP contribution in [0.4, 0.5) is 0 Å². The molecule has 24 heavy (non-hydrogen) atoms. The van der Waals surface area contributed by atoms with Crippen LogP contribution in [0.2, 0.25) is 0 Å². The maximum Gasteiger partial charge on any atom is 0.119 e. The van der Waals surface area contributed by atoms with E-state index in [0.29, 0.717) is 5.75 Å². The standard InChI is InChI=1S/C21H18N2O/c1-21(2,16-7-3-4-8-17(16)24)18-12-11-15-10-9-14-6-5-13-22-19(14)20(15)23-18/h3-13,24H,1-2H3. The van der Waals surface area contributed by atoms with Crippen molar-refractivity contribution in [2.24, 2.45) is 0 Å². The lowest BCUT2D eigenvalue weighted by atomic mass is 9.80. The van der Waals surface area contributed by atoms with Crippen molar-refractivity contribution in [1.82, 2.24) is 9.97 Å². The molecule has 0 radical (unpaired) electrons.